The van der Waals surface area contributed by atoms with Crippen LogP contribution in [0.3, 0.4) is 0 Å². The molecule has 28 heavy (non-hydrogen) atoms. The summed E-state index contributed by atoms with van der Waals surface area (Å²) in [5.74, 6) is 1.47. The Morgan fingerprint density at radius 1 is 1.11 bits per heavy atom. The number of nitrogens with one attached hydrogen (secondary N) is 1. The molecule has 1 fully saturated rings. The van der Waals surface area contributed by atoms with Gasteiger partial charge in [-0.15, -0.1) is 0 Å². The number of hydrogen-bond donors (Lipinski definition) is 1. The predicted octanol–water partition coefficient (Wildman–Crippen LogP) is 1.42. The lowest BCUT2D eigenvalue weighted by Gasteiger charge is -2.27. The molecule has 3 rings (SSSR count). The highest BCUT2D eigenvalue weighted by molar-refractivity contribution is 7.89. The average molecular weight is 407 g/mol. The number of hydrogen-bond acceptors (Lipinski definition) is 7. The van der Waals surface area contributed by atoms with E-state index in [9.17, 15) is 8.42 Å². The fourth-order valence-corrected chi connectivity index (χ4v) is 3.74. The molecule has 2 heterocycles. The first-order chi connectivity index (χ1) is 13.6. The number of sulfonamides is 1. The molecule has 0 atom stereocenters. The summed E-state index contributed by atoms with van der Waals surface area (Å²) in [6, 6.07) is 10.1. The van der Waals surface area contributed by atoms with Crippen molar-refractivity contribution in [1.29, 1.82) is 0 Å². The topological polar surface area (TPSA) is 90.0 Å². The standard InChI is InChI=1S/C19H25N3O5S/c1-25-12-13-27-17-3-5-18(6-4-17)28(23,24)21-15-16-2-7-19(20-14-16)22-8-10-26-11-9-22/h2-7,14,21H,8-13,15H2,1H3. The fourth-order valence-electron chi connectivity index (χ4n) is 2.72. The van der Waals surface area contributed by atoms with Crippen LogP contribution in [0.1, 0.15) is 5.56 Å². The normalized spacial score (nSPS) is 14.8. The number of rotatable bonds is 9. The Kier molecular flexibility index (Phi) is 7.21. The molecule has 0 radical (unpaired) electrons. The number of pyridine rings is 1. The first kappa shape index (κ1) is 20.5. The fraction of sp³-hybridized carbons (Fsp3) is 0.421. The van der Waals surface area contributed by atoms with Gasteiger partial charge in [0.1, 0.15) is 18.2 Å². The van der Waals surface area contributed by atoms with E-state index in [4.69, 9.17) is 14.2 Å². The Morgan fingerprint density at radius 2 is 1.86 bits per heavy atom. The lowest BCUT2D eigenvalue weighted by atomic mass is 10.3. The molecule has 1 aromatic carbocycles. The molecule has 1 saturated heterocycles. The number of methoxy groups -OCH3 is 1. The highest BCUT2D eigenvalue weighted by Crippen LogP contribution is 2.17. The third-order valence-electron chi connectivity index (χ3n) is 4.30. The smallest absolute Gasteiger partial charge is 0.240 e. The number of anilines is 1. The van der Waals surface area contributed by atoms with Crippen LogP contribution in [0.4, 0.5) is 5.82 Å². The molecule has 0 spiro atoms. The zero-order valence-corrected chi connectivity index (χ0v) is 16.7. The van der Waals surface area contributed by atoms with Crippen molar-refractivity contribution in [2.24, 2.45) is 0 Å². The summed E-state index contributed by atoms with van der Waals surface area (Å²) in [5.41, 5.74) is 0.792. The second kappa shape index (κ2) is 9.83. The van der Waals surface area contributed by atoms with Gasteiger partial charge < -0.3 is 19.1 Å². The summed E-state index contributed by atoms with van der Waals surface area (Å²) in [5, 5.41) is 0. The lowest BCUT2D eigenvalue weighted by molar-refractivity contribution is 0.122. The third kappa shape index (κ3) is 5.65. The summed E-state index contributed by atoms with van der Waals surface area (Å²) in [4.78, 5) is 6.76. The van der Waals surface area contributed by atoms with Crippen molar-refractivity contribution in [3.05, 3.63) is 48.2 Å². The Labute approximate surface area is 165 Å². The minimum absolute atomic E-state index is 0.171. The Morgan fingerprint density at radius 3 is 2.50 bits per heavy atom. The van der Waals surface area contributed by atoms with Gasteiger partial charge in [-0.05, 0) is 35.9 Å². The molecule has 8 nitrogen and oxygen atoms in total. The number of morpholine rings is 1. The molecular weight excluding hydrogens is 382 g/mol. The van der Waals surface area contributed by atoms with E-state index in [1.165, 1.54) is 12.1 Å². The minimum Gasteiger partial charge on any atom is -0.491 e. The Hall–Kier alpha value is -2.20. The summed E-state index contributed by atoms with van der Waals surface area (Å²) >= 11 is 0. The van der Waals surface area contributed by atoms with Crippen molar-refractivity contribution in [1.82, 2.24) is 9.71 Å². The van der Waals surface area contributed by atoms with Crippen molar-refractivity contribution in [3.8, 4) is 5.75 Å². The van der Waals surface area contributed by atoms with Crippen molar-refractivity contribution < 1.29 is 22.6 Å². The number of nitrogens with zero attached hydrogens (tertiary/aromatic N) is 2. The van der Waals surface area contributed by atoms with Crippen molar-refractivity contribution in [3.63, 3.8) is 0 Å². The van der Waals surface area contributed by atoms with Gasteiger partial charge in [-0.25, -0.2) is 18.1 Å². The van der Waals surface area contributed by atoms with Crippen molar-refractivity contribution in [2.45, 2.75) is 11.4 Å². The molecule has 0 amide bonds. The minimum atomic E-state index is -3.62. The van der Waals surface area contributed by atoms with Gasteiger partial charge in [0.15, 0.2) is 0 Å². The predicted molar refractivity (Wildman–Crippen MR) is 105 cm³/mol. The average Bonchev–Trinajstić information content (AvgIpc) is 2.74. The first-order valence-electron chi connectivity index (χ1n) is 9.07. The molecule has 1 aliphatic heterocycles. The highest BCUT2D eigenvalue weighted by Gasteiger charge is 2.15. The molecule has 0 saturated carbocycles. The molecule has 2 aromatic rings. The zero-order valence-electron chi connectivity index (χ0n) is 15.8. The van der Waals surface area contributed by atoms with E-state index >= 15 is 0 Å². The van der Waals surface area contributed by atoms with E-state index in [1.807, 2.05) is 12.1 Å². The monoisotopic (exact) mass is 407 g/mol. The molecule has 1 N–H and O–H groups in total. The van der Waals surface area contributed by atoms with Gasteiger partial charge in [0, 0.05) is 32.9 Å². The molecule has 0 aliphatic carbocycles. The largest absolute Gasteiger partial charge is 0.491 e. The zero-order chi connectivity index (χ0) is 19.8. The summed E-state index contributed by atoms with van der Waals surface area (Å²) in [6.45, 7) is 4.06. The van der Waals surface area contributed by atoms with Crippen LogP contribution in [-0.4, -0.2) is 60.0 Å². The van der Waals surface area contributed by atoms with E-state index in [-0.39, 0.29) is 11.4 Å². The van der Waals surface area contributed by atoms with E-state index in [2.05, 4.69) is 14.6 Å². The van der Waals surface area contributed by atoms with E-state index in [1.54, 1.807) is 25.4 Å². The number of benzene rings is 1. The summed E-state index contributed by atoms with van der Waals surface area (Å²) in [6.07, 6.45) is 1.69. The van der Waals surface area contributed by atoms with Gasteiger partial charge >= 0.3 is 0 Å². The van der Waals surface area contributed by atoms with Crippen molar-refractivity contribution in [2.75, 3.05) is 51.5 Å². The lowest BCUT2D eigenvalue weighted by Crippen LogP contribution is -2.36. The van der Waals surface area contributed by atoms with Crippen LogP contribution in [0.5, 0.6) is 5.75 Å². The molecular formula is C19H25N3O5S. The summed E-state index contributed by atoms with van der Waals surface area (Å²) in [7, 11) is -2.02. The van der Waals surface area contributed by atoms with Gasteiger partial charge in [0.05, 0.1) is 24.7 Å². The molecule has 152 valence electrons. The number of aromatic nitrogens is 1. The first-order valence-corrected chi connectivity index (χ1v) is 10.6. The molecule has 1 aromatic heterocycles. The highest BCUT2D eigenvalue weighted by atomic mass is 32.2. The van der Waals surface area contributed by atoms with Crippen LogP contribution in [-0.2, 0) is 26.0 Å². The van der Waals surface area contributed by atoms with Crippen LogP contribution in [0.2, 0.25) is 0 Å². The SMILES string of the molecule is COCCOc1ccc(S(=O)(=O)NCc2ccc(N3CCOCC3)nc2)cc1. The second-order valence-electron chi connectivity index (χ2n) is 6.26. The van der Waals surface area contributed by atoms with E-state index < -0.39 is 10.0 Å². The molecule has 1 aliphatic rings. The van der Waals surface area contributed by atoms with Crippen LogP contribution in [0.25, 0.3) is 0 Å². The molecule has 0 unspecified atom stereocenters. The van der Waals surface area contributed by atoms with Crippen LogP contribution in [0, 0.1) is 0 Å². The van der Waals surface area contributed by atoms with E-state index in [0.29, 0.717) is 32.2 Å². The Balaban J connectivity index is 1.55. The van der Waals surface area contributed by atoms with Gasteiger partial charge in [-0.3, -0.25) is 0 Å². The van der Waals surface area contributed by atoms with Gasteiger partial charge in [-0.1, -0.05) is 6.07 Å². The maximum atomic E-state index is 12.5. The number of ether oxygens (including phenoxy) is 3. The maximum Gasteiger partial charge on any atom is 0.240 e. The molecule has 9 heteroatoms. The quantitative estimate of drug-likeness (QED) is 0.629. The van der Waals surface area contributed by atoms with E-state index in [0.717, 1.165) is 24.5 Å². The van der Waals surface area contributed by atoms with Crippen LogP contribution in [0.15, 0.2) is 47.5 Å². The van der Waals surface area contributed by atoms with Gasteiger partial charge in [0.2, 0.25) is 10.0 Å². The van der Waals surface area contributed by atoms with Gasteiger partial charge in [0.25, 0.3) is 0 Å². The van der Waals surface area contributed by atoms with Crippen LogP contribution >= 0.6 is 0 Å². The molecule has 0 bridgehead atoms. The third-order valence-corrected chi connectivity index (χ3v) is 5.72. The van der Waals surface area contributed by atoms with Gasteiger partial charge in [-0.2, -0.15) is 0 Å². The Bertz CT molecular complexity index is 835. The van der Waals surface area contributed by atoms with Crippen molar-refractivity contribution >= 4 is 15.8 Å². The second-order valence-corrected chi connectivity index (χ2v) is 8.03. The maximum absolute atomic E-state index is 12.5. The van der Waals surface area contributed by atoms with Crippen LogP contribution < -0.4 is 14.4 Å². The summed E-state index contributed by atoms with van der Waals surface area (Å²) < 4.78 is 43.2.